The Kier molecular flexibility index (Phi) is 5.87. The van der Waals surface area contributed by atoms with Gasteiger partial charge in [0.2, 0.25) is 0 Å². The summed E-state index contributed by atoms with van der Waals surface area (Å²) in [4.78, 5) is 4.28. The second-order valence-electron chi connectivity index (χ2n) is 6.09. The Hall–Kier alpha value is -2.57. The summed E-state index contributed by atoms with van der Waals surface area (Å²) >= 11 is 0. The number of methoxy groups -OCH3 is 1. The molecule has 1 aliphatic heterocycles. The molecule has 1 aliphatic rings. The van der Waals surface area contributed by atoms with Crippen molar-refractivity contribution in [2.24, 2.45) is 4.99 Å². The fourth-order valence-corrected chi connectivity index (χ4v) is 3.00. The van der Waals surface area contributed by atoms with Gasteiger partial charge in [-0.25, -0.2) is 0 Å². The predicted molar refractivity (Wildman–Crippen MR) is 97.9 cm³/mol. The number of ether oxygens (including phenoxy) is 1. The predicted octanol–water partition coefficient (Wildman–Crippen LogP) is 1.53. The number of aromatic nitrogens is 3. The third-order valence-electron chi connectivity index (χ3n) is 4.44. The quantitative estimate of drug-likeness (QED) is 0.615. The van der Waals surface area contributed by atoms with Crippen molar-refractivity contribution in [2.45, 2.75) is 38.8 Å². The van der Waals surface area contributed by atoms with E-state index in [1.165, 1.54) is 18.4 Å². The maximum absolute atomic E-state index is 5.18. The van der Waals surface area contributed by atoms with E-state index < -0.39 is 0 Å². The monoisotopic (exact) mass is 342 g/mol. The van der Waals surface area contributed by atoms with Gasteiger partial charge in [-0.15, -0.1) is 10.2 Å². The van der Waals surface area contributed by atoms with Crippen molar-refractivity contribution in [2.75, 3.05) is 20.7 Å². The first kappa shape index (κ1) is 17.3. The minimum Gasteiger partial charge on any atom is -0.497 e. The number of aryl methyl sites for hydroxylation is 1. The average molecular weight is 342 g/mol. The van der Waals surface area contributed by atoms with Crippen molar-refractivity contribution in [3.8, 4) is 5.75 Å². The number of benzene rings is 1. The maximum Gasteiger partial charge on any atom is 0.191 e. The summed E-state index contributed by atoms with van der Waals surface area (Å²) in [5.41, 5.74) is 1.26. The van der Waals surface area contributed by atoms with Crippen LogP contribution in [0.1, 0.15) is 30.1 Å². The van der Waals surface area contributed by atoms with E-state index in [-0.39, 0.29) is 0 Å². The van der Waals surface area contributed by atoms with E-state index in [9.17, 15) is 0 Å². The summed E-state index contributed by atoms with van der Waals surface area (Å²) in [7, 11) is 3.46. The van der Waals surface area contributed by atoms with Gasteiger partial charge in [0, 0.05) is 26.6 Å². The van der Waals surface area contributed by atoms with Gasteiger partial charge in [0.05, 0.1) is 13.7 Å². The van der Waals surface area contributed by atoms with Gasteiger partial charge in [-0.1, -0.05) is 12.1 Å². The van der Waals surface area contributed by atoms with Gasteiger partial charge in [-0.05, 0) is 37.0 Å². The molecule has 0 aliphatic carbocycles. The van der Waals surface area contributed by atoms with Crippen LogP contribution in [-0.2, 0) is 25.9 Å². The smallest absolute Gasteiger partial charge is 0.191 e. The first-order valence-electron chi connectivity index (χ1n) is 8.78. The third-order valence-corrected chi connectivity index (χ3v) is 4.44. The van der Waals surface area contributed by atoms with Crippen LogP contribution in [0.2, 0.25) is 0 Å². The van der Waals surface area contributed by atoms with Crippen molar-refractivity contribution < 1.29 is 4.74 Å². The van der Waals surface area contributed by atoms with E-state index in [0.29, 0.717) is 6.54 Å². The number of nitrogens with one attached hydrogen (secondary N) is 2. The molecule has 0 unspecified atom stereocenters. The molecule has 0 spiro atoms. The van der Waals surface area contributed by atoms with Crippen LogP contribution in [0.3, 0.4) is 0 Å². The lowest BCUT2D eigenvalue weighted by Crippen LogP contribution is -2.38. The average Bonchev–Trinajstić information content (AvgIpc) is 3.08. The minimum atomic E-state index is 0.634. The van der Waals surface area contributed by atoms with E-state index in [1.54, 1.807) is 14.2 Å². The molecule has 0 amide bonds. The SMILES string of the molecule is CN=C(NCCc1ccc(OC)cc1)NCc1nnc2n1CCCC2. The second-order valence-corrected chi connectivity index (χ2v) is 6.09. The number of hydrogen-bond donors (Lipinski definition) is 2. The lowest BCUT2D eigenvalue weighted by molar-refractivity contribution is 0.414. The van der Waals surface area contributed by atoms with E-state index >= 15 is 0 Å². The van der Waals surface area contributed by atoms with Crippen LogP contribution < -0.4 is 15.4 Å². The summed E-state index contributed by atoms with van der Waals surface area (Å²) in [5.74, 6) is 3.74. The fourth-order valence-electron chi connectivity index (χ4n) is 3.00. The van der Waals surface area contributed by atoms with Crippen molar-refractivity contribution in [1.82, 2.24) is 25.4 Å². The summed E-state index contributed by atoms with van der Waals surface area (Å²) in [6.07, 6.45) is 4.36. The molecule has 0 atom stereocenters. The van der Waals surface area contributed by atoms with Crippen LogP contribution in [0.15, 0.2) is 29.3 Å². The number of guanidine groups is 1. The molecule has 7 heteroatoms. The Morgan fingerprint density at radius 1 is 1.20 bits per heavy atom. The van der Waals surface area contributed by atoms with E-state index in [0.717, 1.165) is 49.3 Å². The van der Waals surface area contributed by atoms with Crippen molar-refractivity contribution in [3.63, 3.8) is 0 Å². The zero-order valence-electron chi connectivity index (χ0n) is 15.0. The molecular formula is C18H26N6O. The molecule has 0 bridgehead atoms. The van der Waals surface area contributed by atoms with Gasteiger partial charge in [-0.3, -0.25) is 4.99 Å². The highest BCUT2D eigenvalue weighted by atomic mass is 16.5. The van der Waals surface area contributed by atoms with Crippen LogP contribution in [0.4, 0.5) is 0 Å². The largest absolute Gasteiger partial charge is 0.497 e. The molecule has 0 saturated carbocycles. The lowest BCUT2D eigenvalue weighted by Gasteiger charge is -2.16. The fraction of sp³-hybridized carbons (Fsp3) is 0.500. The normalized spacial score (nSPS) is 14.1. The molecular weight excluding hydrogens is 316 g/mol. The summed E-state index contributed by atoms with van der Waals surface area (Å²) in [6, 6.07) is 8.13. The Morgan fingerprint density at radius 2 is 2.04 bits per heavy atom. The number of nitrogens with zero attached hydrogens (tertiary/aromatic N) is 4. The van der Waals surface area contributed by atoms with Crippen LogP contribution in [0.5, 0.6) is 5.75 Å². The van der Waals surface area contributed by atoms with Crippen LogP contribution in [-0.4, -0.2) is 41.4 Å². The summed E-state index contributed by atoms with van der Waals surface area (Å²) < 4.78 is 7.40. The molecule has 2 N–H and O–H groups in total. The first-order chi connectivity index (χ1) is 12.3. The molecule has 0 saturated heterocycles. The number of hydrogen-bond acceptors (Lipinski definition) is 4. The highest BCUT2D eigenvalue weighted by Crippen LogP contribution is 2.14. The Labute approximate surface area is 148 Å². The van der Waals surface area contributed by atoms with Crippen LogP contribution in [0, 0.1) is 0 Å². The summed E-state index contributed by atoms with van der Waals surface area (Å²) in [6.45, 7) is 2.46. The molecule has 2 aromatic rings. The van der Waals surface area contributed by atoms with E-state index in [1.807, 2.05) is 12.1 Å². The first-order valence-corrected chi connectivity index (χ1v) is 8.78. The standard InChI is InChI=1S/C18H26N6O/c1-19-18(20-11-10-14-6-8-15(25-2)9-7-14)21-13-17-23-22-16-5-3-4-12-24(16)17/h6-9H,3-5,10-13H2,1-2H3,(H2,19,20,21). The van der Waals surface area contributed by atoms with Crippen LogP contribution in [0.25, 0.3) is 0 Å². The Bertz CT molecular complexity index is 707. The Balaban J connectivity index is 1.45. The van der Waals surface area contributed by atoms with Gasteiger partial charge in [-0.2, -0.15) is 0 Å². The molecule has 0 radical (unpaired) electrons. The number of rotatable bonds is 6. The van der Waals surface area contributed by atoms with Gasteiger partial charge < -0.3 is 19.9 Å². The minimum absolute atomic E-state index is 0.634. The number of aliphatic imine (C=N–C) groups is 1. The zero-order chi connectivity index (χ0) is 17.5. The second kappa shape index (κ2) is 8.50. The van der Waals surface area contributed by atoms with Crippen molar-refractivity contribution >= 4 is 5.96 Å². The summed E-state index contributed by atoms with van der Waals surface area (Å²) in [5, 5.41) is 15.2. The van der Waals surface area contributed by atoms with Gasteiger partial charge in [0.15, 0.2) is 11.8 Å². The third kappa shape index (κ3) is 4.49. The number of fused-ring (bicyclic) bond motifs is 1. The molecule has 2 heterocycles. The van der Waals surface area contributed by atoms with Crippen LogP contribution >= 0.6 is 0 Å². The van der Waals surface area contributed by atoms with Crippen molar-refractivity contribution in [1.29, 1.82) is 0 Å². The van der Waals surface area contributed by atoms with Gasteiger partial charge in [0.25, 0.3) is 0 Å². The molecule has 1 aromatic heterocycles. The van der Waals surface area contributed by atoms with Gasteiger partial charge in [0.1, 0.15) is 11.6 Å². The van der Waals surface area contributed by atoms with Crippen molar-refractivity contribution in [3.05, 3.63) is 41.5 Å². The zero-order valence-corrected chi connectivity index (χ0v) is 15.0. The maximum atomic E-state index is 5.18. The molecule has 7 nitrogen and oxygen atoms in total. The topological polar surface area (TPSA) is 76.4 Å². The lowest BCUT2D eigenvalue weighted by atomic mass is 10.1. The highest BCUT2D eigenvalue weighted by Gasteiger charge is 2.15. The van der Waals surface area contributed by atoms with Gasteiger partial charge >= 0.3 is 0 Å². The van der Waals surface area contributed by atoms with E-state index in [4.69, 9.17) is 4.74 Å². The molecule has 0 fully saturated rings. The molecule has 1 aromatic carbocycles. The molecule has 134 valence electrons. The highest BCUT2D eigenvalue weighted by molar-refractivity contribution is 5.79. The molecule has 3 rings (SSSR count). The Morgan fingerprint density at radius 3 is 2.80 bits per heavy atom. The van der Waals surface area contributed by atoms with E-state index in [2.05, 4.69) is 42.5 Å². The molecule has 25 heavy (non-hydrogen) atoms.